The van der Waals surface area contributed by atoms with Crippen molar-refractivity contribution in [2.75, 3.05) is 32.8 Å². The highest BCUT2D eigenvalue weighted by atomic mass is 32.1. The molecule has 1 fully saturated rings. The van der Waals surface area contributed by atoms with Crippen LogP contribution in [-0.4, -0.2) is 49.8 Å². The Hall–Kier alpha value is -1.11. The van der Waals surface area contributed by atoms with E-state index in [4.69, 9.17) is 4.74 Å². The number of carbonyl (C=O) groups excluding carboxylic acids is 1. The molecule has 0 bridgehead atoms. The fourth-order valence-electron chi connectivity index (χ4n) is 2.35. The first-order valence-electron chi connectivity index (χ1n) is 7.60. The molecule has 2 amide bonds. The summed E-state index contributed by atoms with van der Waals surface area (Å²) in [5, 5.41) is 8.04. The van der Waals surface area contributed by atoms with E-state index in [2.05, 4.69) is 40.0 Å². The molecule has 1 aromatic rings. The Morgan fingerprint density at radius 2 is 2.24 bits per heavy atom. The number of hydrogen-bond acceptors (Lipinski definition) is 4. The van der Waals surface area contributed by atoms with E-state index in [-0.39, 0.29) is 18.1 Å². The van der Waals surface area contributed by atoms with Gasteiger partial charge in [0.15, 0.2) is 0 Å². The smallest absolute Gasteiger partial charge is 0.315 e. The molecule has 5 nitrogen and oxygen atoms in total. The Kier molecular flexibility index (Phi) is 6.48. The molecule has 21 heavy (non-hydrogen) atoms. The summed E-state index contributed by atoms with van der Waals surface area (Å²) in [6.45, 7) is 8.06. The van der Waals surface area contributed by atoms with Crippen molar-refractivity contribution in [3.63, 3.8) is 0 Å². The molecule has 0 spiro atoms. The van der Waals surface area contributed by atoms with Crippen LogP contribution < -0.4 is 10.6 Å². The summed E-state index contributed by atoms with van der Waals surface area (Å²) in [6, 6.07) is 4.55. The number of ether oxygens (including phenoxy) is 1. The van der Waals surface area contributed by atoms with Crippen LogP contribution in [0.2, 0.25) is 0 Å². The van der Waals surface area contributed by atoms with Crippen LogP contribution in [0.4, 0.5) is 4.79 Å². The van der Waals surface area contributed by atoms with Crippen molar-refractivity contribution in [2.24, 2.45) is 0 Å². The molecule has 1 aliphatic heterocycles. The van der Waals surface area contributed by atoms with Gasteiger partial charge in [-0.1, -0.05) is 13.0 Å². The van der Waals surface area contributed by atoms with Crippen LogP contribution in [0, 0.1) is 0 Å². The van der Waals surface area contributed by atoms with E-state index in [1.807, 2.05) is 6.92 Å². The molecule has 1 saturated heterocycles. The number of carbonyl (C=O) groups is 1. The Bertz CT molecular complexity index is 419. The molecule has 0 saturated carbocycles. The predicted octanol–water partition coefficient (Wildman–Crippen LogP) is 2.22. The van der Waals surface area contributed by atoms with Gasteiger partial charge in [0.05, 0.1) is 19.3 Å². The molecule has 1 aliphatic rings. The number of morpholine rings is 1. The maximum absolute atomic E-state index is 11.9. The standard InChI is InChI=1S/C15H25N3O2S/c1-3-12(2)17-15(19)16-11-13(14-5-4-10-21-14)18-6-8-20-9-7-18/h4-5,10,12-13H,3,6-9,11H2,1-2H3,(H2,16,17,19)/t12-,13-/m1/s1. The van der Waals surface area contributed by atoms with E-state index in [0.717, 1.165) is 32.7 Å². The van der Waals surface area contributed by atoms with E-state index < -0.39 is 0 Å². The first-order chi connectivity index (χ1) is 10.2. The van der Waals surface area contributed by atoms with Crippen molar-refractivity contribution in [2.45, 2.75) is 32.4 Å². The minimum absolute atomic E-state index is 0.0841. The van der Waals surface area contributed by atoms with Gasteiger partial charge in [0.1, 0.15) is 0 Å². The molecule has 0 aliphatic carbocycles. The zero-order valence-electron chi connectivity index (χ0n) is 12.8. The predicted molar refractivity (Wildman–Crippen MR) is 85.7 cm³/mol. The average molecular weight is 311 g/mol. The summed E-state index contributed by atoms with van der Waals surface area (Å²) in [4.78, 5) is 15.6. The van der Waals surface area contributed by atoms with Crippen molar-refractivity contribution in [3.05, 3.63) is 22.4 Å². The summed E-state index contributed by atoms with van der Waals surface area (Å²) >= 11 is 1.74. The molecule has 6 heteroatoms. The molecule has 2 atom stereocenters. The van der Waals surface area contributed by atoms with Crippen molar-refractivity contribution < 1.29 is 9.53 Å². The lowest BCUT2D eigenvalue weighted by atomic mass is 10.2. The SMILES string of the molecule is CC[C@@H](C)NC(=O)NC[C@H](c1cccs1)N1CCOCC1. The zero-order valence-corrected chi connectivity index (χ0v) is 13.6. The van der Waals surface area contributed by atoms with Gasteiger partial charge in [-0.15, -0.1) is 11.3 Å². The third-order valence-electron chi connectivity index (χ3n) is 3.80. The van der Waals surface area contributed by atoms with E-state index in [9.17, 15) is 4.79 Å². The fraction of sp³-hybridized carbons (Fsp3) is 0.667. The highest BCUT2D eigenvalue weighted by molar-refractivity contribution is 7.10. The number of nitrogens with one attached hydrogen (secondary N) is 2. The van der Waals surface area contributed by atoms with Crippen molar-refractivity contribution in [1.82, 2.24) is 15.5 Å². The molecular weight excluding hydrogens is 286 g/mol. The van der Waals surface area contributed by atoms with Crippen LogP contribution in [0.1, 0.15) is 31.2 Å². The van der Waals surface area contributed by atoms with Gasteiger partial charge >= 0.3 is 6.03 Å². The average Bonchev–Trinajstić information content (AvgIpc) is 3.02. The Morgan fingerprint density at radius 1 is 1.48 bits per heavy atom. The van der Waals surface area contributed by atoms with Gasteiger partial charge in [-0.2, -0.15) is 0 Å². The number of thiophene rings is 1. The van der Waals surface area contributed by atoms with Crippen molar-refractivity contribution in [1.29, 1.82) is 0 Å². The topological polar surface area (TPSA) is 53.6 Å². The minimum Gasteiger partial charge on any atom is -0.379 e. The number of urea groups is 1. The lowest BCUT2D eigenvalue weighted by molar-refractivity contribution is 0.0174. The molecule has 2 N–H and O–H groups in total. The van der Waals surface area contributed by atoms with Gasteiger partial charge in [0.25, 0.3) is 0 Å². The van der Waals surface area contributed by atoms with Gasteiger partial charge in [0, 0.05) is 30.6 Å². The first kappa shape index (κ1) is 16.3. The second-order valence-electron chi connectivity index (χ2n) is 5.34. The monoisotopic (exact) mass is 311 g/mol. The van der Waals surface area contributed by atoms with E-state index in [1.54, 1.807) is 11.3 Å². The molecule has 118 valence electrons. The van der Waals surface area contributed by atoms with Crippen LogP contribution >= 0.6 is 11.3 Å². The van der Waals surface area contributed by atoms with Crippen molar-refractivity contribution in [3.8, 4) is 0 Å². The van der Waals surface area contributed by atoms with Crippen LogP contribution in [-0.2, 0) is 4.74 Å². The Morgan fingerprint density at radius 3 is 2.86 bits per heavy atom. The molecule has 1 aromatic heterocycles. The molecule has 2 heterocycles. The van der Waals surface area contributed by atoms with Crippen LogP contribution in [0.25, 0.3) is 0 Å². The highest BCUT2D eigenvalue weighted by Gasteiger charge is 2.23. The Labute approximate surface area is 130 Å². The van der Waals surface area contributed by atoms with E-state index >= 15 is 0 Å². The van der Waals surface area contributed by atoms with Gasteiger partial charge in [-0.3, -0.25) is 4.90 Å². The molecule has 0 aromatic carbocycles. The molecule has 0 radical (unpaired) electrons. The molecule has 0 unspecified atom stereocenters. The molecular formula is C15H25N3O2S. The summed E-state index contributed by atoms with van der Waals surface area (Å²) in [6.07, 6.45) is 0.936. The second-order valence-corrected chi connectivity index (χ2v) is 6.32. The zero-order chi connectivity index (χ0) is 15.1. The second kappa shape index (κ2) is 8.36. The quantitative estimate of drug-likeness (QED) is 0.847. The maximum Gasteiger partial charge on any atom is 0.315 e. The minimum atomic E-state index is -0.0841. The number of rotatable bonds is 6. The van der Waals surface area contributed by atoms with Crippen LogP contribution in [0.5, 0.6) is 0 Å². The lowest BCUT2D eigenvalue weighted by Gasteiger charge is -2.34. The highest BCUT2D eigenvalue weighted by Crippen LogP contribution is 2.25. The van der Waals surface area contributed by atoms with Gasteiger partial charge in [0.2, 0.25) is 0 Å². The number of amides is 2. The van der Waals surface area contributed by atoms with E-state index in [0.29, 0.717) is 6.54 Å². The summed E-state index contributed by atoms with van der Waals surface area (Å²) in [5.74, 6) is 0. The maximum atomic E-state index is 11.9. The number of nitrogens with zero attached hydrogens (tertiary/aromatic N) is 1. The summed E-state index contributed by atoms with van der Waals surface area (Å²) < 4.78 is 5.42. The Balaban J connectivity index is 1.91. The van der Waals surface area contributed by atoms with Crippen LogP contribution in [0.15, 0.2) is 17.5 Å². The lowest BCUT2D eigenvalue weighted by Crippen LogP contribution is -2.46. The van der Waals surface area contributed by atoms with Gasteiger partial charge in [-0.25, -0.2) is 4.79 Å². The number of hydrogen-bond donors (Lipinski definition) is 2. The first-order valence-corrected chi connectivity index (χ1v) is 8.48. The van der Waals surface area contributed by atoms with Gasteiger partial charge < -0.3 is 15.4 Å². The normalized spacial score (nSPS) is 19.0. The molecule has 2 rings (SSSR count). The van der Waals surface area contributed by atoms with Crippen LogP contribution in [0.3, 0.4) is 0 Å². The largest absolute Gasteiger partial charge is 0.379 e. The third kappa shape index (κ3) is 4.98. The summed E-state index contributed by atoms with van der Waals surface area (Å²) in [5.41, 5.74) is 0. The third-order valence-corrected chi connectivity index (χ3v) is 4.78. The van der Waals surface area contributed by atoms with E-state index in [1.165, 1.54) is 4.88 Å². The summed E-state index contributed by atoms with van der Waals surface area (Å²) in [7, 11) is 0. The fourth-order valence-corrected chi connectivity index (χ4v) is 3.21. The van der Waals surface area contributed by atoms with Gasteiger partial charge in [-0.05, 0) is 24.8 Å². The van der Waals surface area contributed by atoms with Crippen molar-refractivity contribution >= 4 is 17.4 Å².